The quantitative estimate of drug-likeness (QED) is 0.110. The first kappa shape index (κ1) is 31.0. The number of oxime groups is 1. The molecule has 39 heavy (non-hydrogen) atoms. The minimum absolute atomic E-state index is 0.0229. The van der Waals surface area contributed by atoms with Crippen molar-refractivity contribution >= 4 is 11.6 Å². The van der Waals surface area contributed by atoms with Crippen molar-refractivity contribution in [3.8, 4) is 11.5 Å². The van der Waals surface area contributed by atoms with Gasteiger partial charge in [-0.05, 0) is 74.6 Å². The van der Waals surface area contributed by atoms with Gasteiger partial charge in [-0.3, -0.25) is 4.79 Å². The lowest BCUT2D eigenvalue weighted by Crippen LogP contribution is -2.38. The van der Waals surface area contributed by atoms with Crippen LogP contribution in [-0.4, -0.2) is 53.7 Å². The first-order valence-electron chi connectivity index (χ1n) is 15.0. The van der Waals surface area contributed by atoms with Gasteiger partial charge < -0.3 is 24.7 Å². The number of allylic oxidation sites excluding steroid dienone is 1. The Kier molecular flexibility index (Phi) is 12.6. The lowest BCUT2D eigenvalue weighted by atomic mass is 9.89. The van der Waals surface area contributed by atoms with E-state index in [1.807, 2.05) is 23.1 Å². The Bertz CT molecular complexity index is 976. The highest BCUT2D eigenvalue weighted by Gasteiger charge is 2.32. The number of benzene rings is 1. The summed E-state index contributed by atoms with van der Waals surface area (Å²) in [7, 11) is 3.29. The molecule has 1 heterocycles. The molecule has 0 saturated heterocycles. The van der Waals surface area contributed by atoms with Gasteiger partial charge in [-0.25, -0.2) is 0 Å². The summed E-state index contributed by atoms with van der Waals surface area (Å²) in [6.45, 7) is 5.00. The summed E-state index contributed by atoms with van der Waals surface area (Å²) in [5.41, 5.74) is 3.26. The molecular weight excluding hydrogens is 492 g/mol. The number of methoxy groups -OCH3 is 2. The molecule has 0 radical (unpaired) electrons. The average molecular weight is 543 g/mol. The van der Waals surface area contributed by atoms with E-state index in [9.17, 15) is 15.1 Å². The number of hydrogen-bond donors (Lipinski definition) is 2. The third-order valence-electron chi connectivity index (χ3n) is 8.65. The molecule has 1 amide bonds. The molecule has 0 spiro atoms. The van der Waals surface area contributed by atoms with Gasteiger partial charge in [0.25, 0.3) is 0 Å². The Labute approximate surface area is 235 Å². The van der Waals surface area contributed by atoms with E-state index >= 15 is 0 Å². The highest BCUT2D eigenvalue weighted by Crippen LogP contribution is 2.38. The van der Waals surface area contributed by atoms with Crippen LogP contribution < -0.4 is 9.47 Å². The first-order chi connectivity index (χ1) is 18.9. The molecule has 218 valence electrons. The van der Waals surface area contributed by atoms with Crippen LogP contribution in [-0.2, 0) is 11.2 Å². The second kappa shape index (κ2) is 15.9. The molecule has 7 nitrogen and oxygen atoms in total. The number of amides is 1. The monoisotopic (exact) mass is 542 g/mol. The Morgan fingerprint density at radius 1 is 1.10 bits per heavy atom. The van der Waals surface area contributed by atoms with Crippen LogP contribution in [0.2, 0.25) is 0 Å². The Hall–Kier alpha value is -2.54. The lowest BCUT2D eigenvalue weighted by Gasteiger charge is -2.36. The van der Waals surface area contributed by atoms with Gasteiger partial charge in [0, 0.05) is 18.9 Å². The zero-order chi connectivity index (χ0) is 28.2. The number of ether oxygens (including phenoxy) is 2. The van der Waals surface area contributed by atoms with Crippen LogP contribution in [0.5, 0.6) is 11.5 Å². The average Bonchev–Trinajstić information content (AvgIpc) is 3.34. The third kappa shape index (κ3) is 8.47. The van der Waals surface area contributed by atoms with Crippen LogP contribution in [0.3, 0.4) is 0 Å². The molecule has 2 aliphatic rings. The van der Waals surface area contributed by atoms with Crippen LogP contribution in [0, 0.1) is 11.8 Å². The molecule has 1 aromatic carbocycles. The van der Waals surface area contributed by atoms with Crippen molar-refractivity contribution in [3.05, 3.63) is 35.4 Å². The summed E-state index contributed by atoms with van der Waals surface area (Å²) in [5, 5.41) is 23.4. The summed E-state index contributed by atoms with van der Waals surface area (Å²) >= 11 is 0. The second-order valence-electron chi connectivity index (χ2n) is 11.2. The summed E-state index contributed by atoms with van der Waals surface area (Å²) in [5.74, 6) is 2.24. The number of aliphatic hydroxyl groups is 1. The topological polar surface area (TPSA) is 91.6 Å². The largest absolute Gasteiger partial charge is 0.493 e. The van der Waals surface area contributed by atoms with Crippen LogP contribution in [0.1, 0.15) is 108 Å². The number of nitrogens with zero attached hydrogens (tertiary/aromatic N) is 2. The van der Waals surface area contributed by atoms with Crippen LogP contribution >= 0.6 is 0 Å². The van der Waals surface area contributed by atoms with Gasteiger partial charge in [-0.1, -0.05) is 62.8 Å². The SMILES string of the molecule is CCCCC[C@H](O)C=C[C@H]1CCC(=NO)[C@@H]1CCCCCCC(=O)N1CCc2cc(OC)c(OC)cc2[C@@H]1C. The molecule has 1 aromatic rings. The van der Waals surface area contributed by atoms with Crippen LogP contribution in [0.25, 0.3) is 0 Å². The van der Waals surface area contributed by atoms with Gasteiger partial charge in [0.05, 0.1) is 32.1 Å². The first-order valence-corrected chi connectivity index (χ1v) is 15.0. The van der Waals surface area contributed by atoms with E-state index < -0.39 is 0 Å². The zero-order valence-corrected chi connectivity index (χ0v) is 24.5. The maximum absolute atomic E-state index is 13.1. The molecule has 1 fully saturated rings. The minimum Gasteiger partial charge on any atom is -0.493 e. The fourth-order valence-corrected chi connectivity index (χ4v) is 6.28. The Balaban J connectivity index is 1.41. The van der Waals surface area contributed by atoms with Crippen LogP contribution in [0.4, 0.5) is 0 Å². The number of unbranched alkanes of at least 4 members (excludes halogenated alkanes) is 5. The highest BCUT2D eigenvalue weighted by atomic mass is 16.5. The van der Waals surface area contributed by atoms with E-state index in [2.05, 4.69) is 25.1 Å². The Morgan fingerprint density at radius 2 is 1.85 bits per heavy atom. The van der Waals surface area contributed by atoms with Crippen molar-refractivity contribution in [2.24, 2.45) is 17.0 Å². The predicted octanol–water partition coefficient (Wildman–Crippen LogP) is 6.84. The molecule has 1 saturated carbocycles. The number of aliphatic hydroxyl groups excluding tert-OH is 1. The maximum Gasteiger partial charge on any atom is 0.223 e. The molecule has 0 unspecified atom stereocenters. The molecule has 4 atom stereocenters. The Morgan fingerprint density at radius 3 is 2.56 bits per heavy atom. The van der Waals surface area contributed by atoms with Crippen LogP contribution in [0.15, 0.2) is 29.4 Å². The van der Waals surface area contributed by atoms with Crippen molar-refractivity contribution in [3.63, 3.8) is 0 Å². The number of hydrogen-bond acceptors (Lipinski definition) is 6. The number of fused-ring (bicyclic) bond motifs is 1. The summed E-state index contributed by atoms with van der Waals surface area (Å²) < 4.78 is 10.9. The van der Waals surface area contributed by atoms with Gasteiger partial charge >= 0.3 is 0 Å². The lowest BCUT2D eigenvalue weighted by molar-refractivity contribution is -0.133. The summed E-state index contributed by atoms with van der Waals surface area (Å²) in [6, 6.07) is 4.08. The van der Waals surface area contributed by atoms with E-state index in [1.165, 1.54) is 5.56 Å². The van der Waals surface area contributed by atoms with Crippen molar-refractivity contribution in [2.75, 3.05) is 20.8 Å². The fourth-order valence-electron chi connectivity index (χ4n) is 6.28. The van der Waals surface area contributed by atoms with Crippen molar-refractivity contribution < 1.29 is 24.6 Å². The molecule has 7 heteroatoms. The number of carbonyl (C=O) groups is 1. The smallest absolute Gasteiger partial charge is 0.223 e. The third-order valence-corrected chi connectivity index (χ3v) is 8.65. The van der Waals surface area contributed by atoms with Gasteiger partial charge in [-0.15, -0.1) is 0 Å². The molecule has 0 bridgehead atoms. The van der Waals surface area contributed by atoms with Crippen molar-refractivity contribution in [1.82, 2.24) is 4.90 Å². The molecule has 3 rings (SSSR count). The highest BCUT2D eigenvalue weighted by molar-refractivity contribution is 5.88. The van der Waals surface area contributed by atoms with E-state index in [0.717, 1.165) is 101 Å². The summed E-state index contributed by atoms with van der Waals surface area (Å²) in [4.78, 5) is 15.1. The summed E-state index contributed by atoms with van der Waals surface area (Å²) in [6.07, 6.45) is 16.1. The maximum atomic E-state index is 13.1. The standard InChI is InChI=1S/C32H50N2O5/c1-5-6-9-12-26(35)17-15-24-16-18-29(33-37)27(24)13-10-7-8-11-14-32(36)34-20-19-25-21-30(38-3)31(39-4)22-28(25)23(34)2/h15,17,21-24,26-27,35,37H,5-14,16,18-20H2,1-4H3/t23-,24-,26-,27+/m0/s1. The van der Waals surface area contributed by atoms with E-state index in [0.29, 0.717) is 18.1 Å². The zero-order valence-electron chi connectivity index (χ0n) is 24.5. The molecule has 0 aromatic heterocycles. The number of rotatable bonds is 15. The predicted molar refractivity (Wildman–Crippen MR) is 156 cm³/mol. The van der Waals surface area contributed by atoms with E-state index in [4.69, 9.17) is 9.47 Å². The molecule has 2 N–H and O–H groups in total. The normalized spacial score (nSPS) is 22.8. The fraction of sp³-hybridized carbons (Fsp3) is 0.688. The second-order valence-corrected chi connectivity index (χ2v) is 11.2. The van der Waals surface area contributed by atoms with Gasteiger partial charge in [0.1, 0.15) is 0 Å². The molecule has 1 aliphatic carbocycles. The minimum atomic E-state index is -0.384. The van der Waals surface area contributed by atoms with E-state index in [-0.39, 0.29) is 24.0 Å². The van der Waals surface area contributed by atoms with E-state index in [1.54, 1.807) is 14.2 Å². The van der Waals surface area contributed by atoms with Gasteiger partial charge in [0.2, 0.25) is 5.91 Å². The number of carbonyl (C=O) groups excluding carboxylic acids is 1. The van der Waals surface area contributed by atoms with Gasteiger partial charge in [0.15, 0.2) is 11.5 Å². The molecular formula is C32H50N2O5. The van der Waals surface area contributed by atoms with Crippen molar-refractivity contribution in [2.45, 2.75) is 109 Å². The molecule has 1 aliphatic heterocycles. The van der Waals surface area contributed by atoms with Crippen molar-refractivity contribution in [1.29, 1.82) is 0 Å². The van der Waals surface area contributed by atoms with Gasteiger partial charge in [-0.2, -0.15) is 0 Å².